The van der Waals surface area contributed by atoms with Gasteiger partial charge in [-0.1, -0.05) is 41.5 Å². The van der Waals surface area contributed by atoms with Crippen LogP contribution in [0.4, 0.5) is 4.79 Å². The molecule has 0 rings (SSSR count). The molecule has 18 heavy (non-hydrogen) atoms. The van der Waals surface area contributed by atoms with Gasteiger partial charge in [0.15, 0.2) is 0 Å². The van der Waals surface area contributed by atoms with Crippen molar-refractivity contribution >= 4 is 17.7 Å². The summed E-state index contributed by atoms with van der Waals surface area (Å²) < 4.78 is 5.12. The number of hydrogen-bond donors (Lipinski definition) is 0. The lowest BCUT2D eigenvalue weighted by Crippen LogP contribution is -2.40. The van der Waals surface area contributed by atoms with Gasteiger partial charge in [-0.3, -0.25) is 0 Å². The van der Waals surface area contributed by atoms with Crippen LogP contribution in [0.3, 0.4) is 0 Å². The molecule has 4 heteroatoms. The first-order valence-corrected chi connectivity index (χ1v) is 7.06. The van der Waals surface area contributed by atoms with Crippen LogP contribution in [0.5, 0.6) is 0 Å². The van der Waals surface area contributed by atoms with Crippen LogP contribution in [0.2, 0.25) is 0 Å². The highest BCUT2D eigenvalue weighted by molar-refractivity contribution is 6.18. The topological polar surface area (TPSA) is 29.5 Å². The fourth-order valence-corrected chi connectivity index (χ4v) is 1.57. The van der Waals surface area contributed by atoms with Crippen molar-refractivity contribution in [2.75, 3.05) is 25.6 Å². The maximum Gasteiger partial charge on any atom is 0.409 e. The Bertz CT molecular complexity index is 254. The Hall–Kier alpha value is -0.440. The maximum absolute atomic E-state index is 11.9. The van der Waals surface area contributed by atoms with E-state index in [1.165, 1.54) is 0 Å². The minimum Gasteiger partial charge on any atom is -0.448 e. The van der Waals surface area contributed by atoms with Gasteiger partial charge < -0.3 is 9.64 Å². The van der Waals surface area contributed by atoms with E-state index in [2.05, 4.69) is 41.5 Å². The van der Waals surface area contributed by atoms with Gasteiger partial charge in [-0.25, -0.2) is 4.79 Å². The zero-order valence-electron chi connectivity index (χ0n) is 12.7. The minimum absolute atomic E-state index is 0.0673. The third kappa shape index (κ3) is 9.58. The van der Waals surface area contributed by atoms with Gasteiger partial charge >= 0.3 is 6.09 Å². The van der Waals surface area contributed by atoms with Gasteiger partial charge in [-0.05, 0) is 17.3 Å². The van der Waals surface area contributed by atoms with Crippen LogP contribution in [0, 0.1) is 10.8 Å². The zero-order valence-corrected chi connectivity index (χ0v) is 13.4. The van der Waals surface area contributed by atoms with Crippen LogP contribution < -0.4 is 0 Å². The lowest BCUT2D eigenvalue weighted by Gasteiger charge is -2.31. The predicted octanol–water partition coefficient (Wildman–Crippen LogP) is 4.15. The van der Waals surface area contributed by atoms with Crippen molar-refractivity contribution in [2.45, 2.75) is 48.0 Å². The summed E-state index contributed by atoms with van der Waals surface area (Å²) >= 11 is 5.54. The number of nitrogens with zero attached hydrogens (tertiary/aromatic N) is 1. The molecule has 0 aromatic heterocycles. The van der Waals surface area contributed by atoms with Gasteiger partial charge in [0.25, 0.3) is 0 Å². The van der Waals surface area contributed by atoms with Crippen molar-refractivity contribution in [3.05, 3.63) is 0 Å². The molecule has 0 radical (unpaired) electrons. The predicted molar refractivity (Wildman–Crippen MR) is 77.2 cm³/mol. The summed E-state index contributed by atoms with van der Waals surface area (Å²) in [7, 11) is 0. The molecule has 0 saturated heterocycles. The smallest absolute Gasteiger partial charge is 0.409 e. The van der Waals surface area contributed by atoms with Crippen molar-refractivity contribution in [1.29, 1.82) is 0 Å². The van der Waals surface area contributed by atoms with Gasteiger partial charge in [-0.15, -0.1) is 11.6 Å². The maximum atomic E-state index is 11.9. The zero-order chi connectivity index (χ0) is 14.4. The molecule has 0 heterocycles. The van der Waals surface area contributed by atoms with Crippen molar-refractivity contribution in [1.82, 2.24) is 4.90 Å². The van der Waals surface area contributed by atoms with Crippen LogP contribution in [0.25, 0.3) is 0 Å². The molecule has 0 fully saturated rings. The highest BCUT2D eigenvalue weighted by atomic mass is 35.5. The Morgan fingerprint density at radius 3 is 2.06 bits per heavy atom. The first kappa shape index (κ1) is 17.6. The first-order chi connectivity index (χ1) is 8.05. The monoisotopic (exact) mass is 277 g/mol. The van der Waals surface area contributed by atoms with E-state index in [0.717, 1.165) is 13.0 Å². The highest BCUT2D eigenvalue weighted by Crippen LogP contribution is 2.21. The first-order valence-electron chi connectivity index (χ1n) is 6.53. The van der Waals surface area contributed by atoms with E-state index in [4.69, 9.17) is 16.3 Å². The number of amides is 1. The molecule has 0 saturated carbocycles. The van der Waals surface area contributed by atoms with Crippen LogP contribution in [-0.2, 0) is 4.74 Å². The van der Waals surface area contributed by atoms with E-state index in [-0.39, 0.29) is 23.5 Å². The fraction of sp³-hybridized carbons (Fsp3) is 0.929. The van der Waals surface area contributed by atoms with Crippen LogP contribution in [0.1, 0.15) is 48.0 Å². The molecule has 108 valence electrons. The van der Waals surface area contributed by atoms with Crippen molar-refractivity contribution in [3.63, 3.8) is 0 Å². The van der Waals surface area contributed by atoms with Crippen LogP contribution >= 0.6 is 11.6 Å². The summed E-state index contributed by atoms with van der Waals surface area (Å²) in [4.78, 5) is 13.7. The summed E-state index contributed by atoms with van der Waals surface area (Å²) in [5.41, 5.74) is 0.279. The van der Waals surface area contributed by atoms with Gasteiger partial charge in [0.05, 0.1) is 5.88 Å². The number of carbonyl (C=O) groups excluding carboxylic acids is 1. The number of rotatable bonds is 5. The lowest BCUT2D eigenvalue weighted by molar-refractivity contribution is 0.0886. The largest absolute Gasteiger partial charge is 0.448 e. The van der Waals surface area contributed by atoms with E-state index in [1.54, 1.807) is 4.90 Å². The second-order valence-corrected chi connectivity index (χ2v) is 7.47. The van der Waals surface area contributed by atoms with Crippen LogP contribution in [-0.4, -0.2) is 36.6 Å². The third-order valence-electron chi connectivity index (χ3n) is 2.36. The molecule has 3 nitrogen and oxygen atoms in total. The molecular formula is C14H28ClNO2. The van der Waals surface area contributed by atoms with E-state index in [0.29, 0.717) is 12.4 Å². The highest BCUT2D eigenvalue weighted by Gasteiger charge is 2.23. The molecule has 0 aliphatic carbocycles. The average Bonchev–Trinajstić information content (AvgIpc) is 2.17. The van der Waals surface area contributed by atoms with Gasteiger partial charge in [0.2, 0.25) is 0 Å². The van der Waals surface area contributed by atoms with Gasteiger partial charge in [0, 0.05) is 13.1 Å². The average molecular weight is 278 g/mol. The van der Waals surface area contributed by atoms with Crippen molar-refractivity contribution < 1.29 is 9.53 Å². The molecule has 0 bridgehead atoms. The summed E-state index contributed by atoms with van der Waals surface area (Å²) in [5, 5.41) is 0. The second-order valence-electron chi connectivity index (χ2n) is 7.10. The number of halogens is 1. The Morgan fingerprint density at radius 2 is 1.67 bits per heavy atom. The molecule has 0 aliphatic rings. The van der Waals surface area contributed by atoms with Crippen LogP contribution in [0.15, 0.2) is 0 Å². The Balaban J connectivity index is 4.47. The third-order valence-corrected chi connectivity index (χ3v) is 2.51. The van der Waals surface area contributed by atoms with Gasteiger partial charge in [0.1, 0.15) is 6.61 Å². The number of carbonyl (C=O) groups is 1. The molecule has 0 aliphatic heterocycles. The summed E-state index contributed by atoms with van der Waals surface area (Å²) in [6, 6.07) is 0. The molecule has 0 N–H and O–H groups in total. The fourth-order valence-electron chi connectivity index (χ4n) is 1.50. The summed E-state index contributed by atoms with van der Waals surface area (Å²) in [6.07, 6.45) is 0.703. The van der Waals surface area contributed by atoms with Crippen molar-refractivity contribution in [2.24, 2.45) is 10.8 Å². The Labute approximate surface area is 117 Å². The SMILES string of the molecule is CC(C)(C)CCN(CC(C)(C)C)C(=O)OCCCl. The Morgan fingerprint density at radius 1 is 1.11 bits per heavy atom. The molecule has 0 atom stereocenters. The molecule has 0 aromatic rings. The summed E-state index contributed by atoms with van der Waals surface area (Å²) in [6.45, 7) is 14.6. The van der Waals surface area contributed by atoms with Crippen molar-refractivity contribution in [3.8, 4) is 0 Å². The quantitative estimate of drug-likeness (QED) is 0.707. The summed E-state index contributed by atoms with van der Waals surface area (Å²) in [5.74, 6) is 0.342. The molecule has 0 unspecified atom stereocenters. The molecule has 0 aromatic carbocycles. The standard InChI is InChI=1S/C14H28ClNO2/c1-13(2,3)7-9-16(11-14(4,5)6)12(17)18-10-8-15/h7-11H2,1-6H3. The number of ether oxygens (including phenoxy) is 1. The lowest BCUT2D eigenvalue weighted by atomic mass is 9.91. The normalized spacial score (nSPS) is 12.4. The molecule has 1 amide bonds. The van der Waals surface area contributed by atoms with E-state index in [9.17, 15) is 4.79 Å². The number of hydrogen-bond acceptors (Lipinski definition) is 2. The minimum atomic E-state index is -0.255. The van der Waals surface area contributed by atoms with E-state index >= 15 is 0 Å². The number of alkyl halides is 1. The molecular weight excluding hydrogens is 250 g/mol. The Kier molecular flexibility index (Phi) is 7.05. The second kappa shape index (κ2) is 7.22. The van der Waals surface area contributed by atoms with E-state index < -0.39 is 0 Å². The van der Waals surface area contributed by atoms with Gasteiger partial charge in [-0.2, -0.15) is 0 Å². The molecule has 0 spiro atoms. The van der Waals surface area contributed by atoms with E-state index in [1.807, 2.05) is 0 Å².